The standard InChI is InChI=1S/C21H20Cl2N2O3/c1-21(2,14-5-6-15(22)16(23)10-14)12-24-19(26)8-4-13-3-7-18-17(9-13)25-20(27)11-28-18/h3-10H,11-12H2,1-2H3,(H,24,26)(H,25,27)/b8-4+. The Bertz CT molecular complexity index is 955. The summed E-state index contributed by atoms with van der Waals surface area (Å²) in [7, 11) is 0. The molecule has 0 saturated heterocycles. The van der Waals surface area contributed by atoms with Crippen molar-refractivity contribution < 1.29 is 14.3 Å². The van der Waals surface area contributed by atoms with Gasteiger partial charge in [0.25, 0.3) is 5.91 Å². The third kappa shape index (κ3) is 4.86. The lowest BCUT2D eigenvalue weighted by molar-refractivity contribution is -0.118. The van der Waals surface area contributed by atoms with Gasteiger partial charge in [-0.25, -0.2) is 0 Å². The number of benzene rings is 2. The molecule has 7 heteroatoms. The van der Waals surface area contributed by atoms with Crippen LogP contribution in [0.5, 0.6) is 5.75 Å². The second-order valence-corrected chi connectivity index (χ2v) is 7.97. The van der Waals surface area contributed by atoms with E-state index >= 15 is 0 Å². The Morgan fingerprint density at radius 3 is 2.75 bits per heavy atom. The minimum Gasteiger partial charge on any atom is -0.482 e. The molecule has 1 aliphatic rings. The highest BCUT2D eigenvalue weighted by atomic mass is 35.5. The van der Waals surface area contributed by atoms with Gasteiger partial charge >= 0.3 is 0 Å². The molecule has 0 aromatic heterocycles. The van der Waals surface area contributed by atoms with Crippen molar-refractivity contribution in [1.82, 2.24) is 5.32 Å². The third-order valence-corrected chi connectivity index (χ3v) is 5.21. The molecule has 0 radical (unpaired) electrons. The van der Waals surface area contributed by atoms with Crippen LogP contribution in [-0.2, 0) is 15.0 Å². The van der Waals surface area contributed by atoms with E-state index in [9.17, 15) is 9.59 Å². The number of hydrogen-bond acceptors (Lipinski definition) is 3. The van der Waals surface area contributed by atoms with Crippen LogP contribution in [0.2, 0.25) is 10.0 Å². The number of hydrogen-bond donors (Lipinski definition) is 2. The van der Waals surface area contributed by atoms with Crippen molar-refractivity contribution in [3.63, 3.8) is 0 Å². The zero-order chi connectivity index (χ0) is 20.3. The largest absolute Gasteiger partial charge is 0.482 e. The van der Waals surface area contributed by atoms with Gasteiger partial charge in [-0.3, -0.25) is 9.59 Å². The summed E-state index contributed by atoms with van der Waals surface area (Å²) in [6.45, 7) is 4.48. The number of anilines is 1. The molecule has 2 aromatic carbocycles. The lowest BCUT2D eigenvalue weighted by atomic mass is 9.84. The van der Waals surface area contributed by atoms with Crippen LogP contribution in [0.15, 0.2) is 42.5 Å². The van der Waals surface area contributed by atoms with Gasteiger partial charge in [-0.2, -0.15) is 0 Å². The van der Waals surface area contributed by atoms with Crippen molar-refractivity contribution in [2.75, 3.05) is 18.5 Å². The van der Waals surface area contributed by atoms with Gasteiger partial charge in [-0.15, -0.1) is 0 Å². The summed E-state index contributed by atoms with van der Waals surface area (Å²) in [5, 5.41) is 6.63. The van der Waals surface area contributed by atoms with E-state index in [1.807, 2.05) is 32.0 Å². The first kappa shape index (κ1) is 20.2. The van der Waals surface area contributed by atoms with Crippen LogP contribution in [0.25, 0.3) is 6.08 Å². The van der Waals surface area contributed by atoms with E-state index in [4.69, 9.17) is 27.9 Å². The van der Waals surface area contributed by atoms with Gasteiger partial charge in [0.2, 0.25) is 5.91 Å². The summed E-state index contributed by atoms with van der Waals surface area (Å²) in [4.78, 5) is 23.6. The second-order valence-electron chi connectivity index (χ2n) is 7.16. The number of nitrogens with one attached hydrogen (secondary N) is 2. The summed E-state index contributed by atoms with van der Waals surface area (Å²) in [6.07, 6.45) is 3.14. The summed E-state index contributed by atoms with van der Waals surface area (Å²) in [5.41, 5.74) is 2.05. The SMILES string of the molecule is CC(C)(CNC(=O)/C=C/c1ccc2c(c1)NC(=O)CO2)c1ccc(Cl)c(Cl)c1. The fourth-order valence-electron chi connectivity index (χ4n) is 2.76. The van der Waals surface area contributed by atoms with Crippen molar-refractivity contribution in [2.45, 2.75) is 19.3 Å². The highest BCUT2D eigenvalue weighted by molar-refractivity contribution is 6.42. The topological polar surface area (TPSA) is 67.4 Å². The Hall–Kier alpha value is -2.50. The summed E-state index contributed by atoms with van der Waals surface area (Å²) >= 11 is 12.1. The Morgan fingerprint density at radius 2 is 2.00 bits per heavy atom. The van der Waals surface area contributed by atoms with Gasteiger partial charge in [0.1, 0.15) is 5.75 Å². The minimum absolute atomic E-state index is 0.0131. The van der Waals surface area contributed by atoms with Crippen LogP contribution < -0.4 is 15.4 Å². The van der Waals surface area contributed by atoms with Gasteiger partial charge in [0, 0.05) is 18.0 Å². The Kier molecular flexibility index (Phi) is 5.96. The number of rotatable bonds is 5. The molecular formula is C21H20Cl2N2O3. The summed E-state index contributed by atoms with van der Waals surface area (Å²) in [6, 6.07) is 10.8. The Morgan fingerprint density at radius 1 is 1.21 bits per heavy atom. The highest BCUT2D eigenvalue weighted by Gasteiger charge is 2.22. The van der Waals surface area contributed by atoms with E-state index in [-0.39, 0.29) is 23.8 Å². The summed E-state index contributed by atoms with van der Waals surface area (Å²) < 4.78 is 5.32. The molecule has 1 heterocycles. The molecule has 1 aliphatic heterocycles. The maximum absolute atomic E-state index is 12.2. The molecule has 0 spiro atoms. The molecule has 0 aliphatic carbocycles. The van der Waals surface area contributed by atoms with Crippen molar-refractivity contribution in [2.24, 2.45) is 0 Å². The zero-order valence-corrected chi connectivity index (χ0v) is 17.0. The van der Waals surface area contributed by atoms with E-state index in [1.165, 1.54) is 6.08 Å². The average Bonchev–Trinajstić information content (AvgIpc) is 2.66. The zero-order valence-electron chi connectivity index (χ0n) is 15.5. The van der Waals surface area contributed by atoms with Crippen LogP contribution >= 0.6 is 23.2 Å². The molecule has 0 bridgehead atoms. The fourth-order valence-corrected chi connectivity index (χ4v) is 3.06. The molecule has 0 fully saturated rings. The van der Waals surface area contributed by atoms with E-state index in [0.717, 1.165) is 11.1 Å². The molecule has 146 valence electrons. The lowest BCUT2D eigenvalue weighted by Gasteiger charge is -2.25. The normalized spacial score (nSPS) is 13.6. The minimum atomic E-state index is -0.314. The predicted molar refractivity (Wildman–Crippen MR) is 112 cm³/mol. The van der Waals surface area contributed by atoms with Crippen LogP contribution in [0.3, 0.4) is 0 Å². The number of ether oxygens (including phenoxy) is 1. The van der Waals surface area contributed by atoms with Crippen molar-refractivity contribution in [3.8, 4) is 5.75 Å². The lowest BCUT2D eigenvalue weighted by Crippen LogP contribution is -2.35. The molecule has 0 atom stereocenters. The number of carbonyl (C=O) groups excluding carboxylic acids is 2. The van der Waals surface area contributed by atoms with Crippen LogP contribution in [0.1, 0.15) is 25.0 Å². The van der Waals surface area contributed by atoms with Gasteiger partial charge < -0.3 is 15.4 Å². The number of carbonyl (C=O) groups is 2. The smallest absolute Gasteiger partial charge is 0.262 e. The van der Waals surface area contributed by atoms with Gasteiger partial charge in [0.05, 0.1) is 15.7 Å². The van der Waals surface area contributed by atoms with Crippen LogP contribution in [0.4, 0.5) is 5.69 Å². The molecule has 0 saturated carbocycles. The first-order valence-electron chi connectivity index (χ1n) is 8.73. The Balaban J connectivity index is 1.61. The molecule has 2 aromatic rings. The van der Waals surface area contributed by atoms with E-state index < -0.39 is 0 Å². The Labute approximate surface area is 173 Å². The molecule has 5 nitrogen and oxygen atoms in total. The maximum Gasteiger partial charge on any atom is 0.262 e. The average molecular weight is 419 g/mol. The predicted octanol–water partition coefficient (Wildman–Crippen LogP) is 4.43. The number of halogens is 2. The number of amides is 2. The number of fused-ring (bicyclic) bond motifs is 1. The third-order valence-electron chi connectivity index (χ3n) is 4.47. The van der Waals surface area contributed by atoms with Crippen molar-refractivity contribution >= 4 is 46.8 Å². The molecule has 0 unspecified atom stereocenters. The van der Waals surface area contributed by atoms with Gasteiger partial charge in [0.15, 0.2) is 6.61 Å². The molecule has 28 heavy (non-hydrogen) atoms. The second kappa shape index (κ2) is 8.25. The first-order valence-corrected chi connectivity index (χ1v) is 9.48. The summed E-state index contributed by atoms with van der Waals surface area (Å²) in [5.74, 6) is 0.201. The molecule has 2 amide bonds. The van der Waals surface area contributed by atoms with Crippen molar-refractivity contribution in [1.29, 1.82) is 0 Å². The van der Waals surface area contributed by atoms with E-state index in [0.29, 0.717) is 28.0 Å². The van der Waals surface area contributed by atoms with Crippen LogP contribution in [0, 0.1) is 0 Å². The maximum atomic E-state index is 12.2. The van der Waals surface area contributed by atoms with Crippen molar-refractivity contribution in [3.05, 3.63) is 63.6 Å². The van der Waals surface area contributed by atoms with Gasteiger partial charge in [-0.1, -0.05) is 49.2 Å². The molecule has 2 N–H and O–H groups in total. The fraction of sp³-hybridized carbons (Fsp3) is 0.238. The quantitative estimate of drug-likeness (QED) is 0.705. The van der Waals surface area contributed by atoms with E-state index in [1.54, 1.807) is 24.3 Å². The van der Waals surface area contributed by atoms with E-state index in [2.05, 4.69) is 10.6 Å². The van der Waals surface area contributed by atoms with Gasteiger partial charge in [-0.05, 0) is 41.5 Å². The molecule has 3 rings (SSSR count). The first-order chi connectivity index (χ1) is 13.2. The van der Waals surface area contributed by atoms with Crippen LogP contribution in [-0.4, -0.2) is 25.0 Å². The highest BCUT2D eigenvalue weighted by Crippen LogP contribution is 2.30. The monoisotopic (exact) mass is 418 g/mol. The molecular weight excluding hydrogens is 399 g/mol.